The zero-order valence-corrected chi connectivity index (χ0v) is 17.2. The molecule has 10 heteroatoms. The third kappa shape index (κ3) is 3.49. The number of thiophene rings is 1. The number of nitro groups is 1. The molecule has 30 heavy (non-hydrogen) atoms. The van der Waals surface area contributed by atoms with Crippen LogP contribution in [0.25, 0.3) is 16.2 Å². The van der Waals surface area contributed by atoms with Gasteiger partial charge in [-0.25, -0.2) is 9.79 Å². The van der Waals surface area contributed by atoms with E-state index in [4.69, 9.17) is 25.8 Å². The Labute approximate surface area is 179 Å². The van der Waals surface area contributed by atoms with Crippen LogP contribution in [0.1, 0.15) is 10.4 Å². The molecule has 0 unspecified atom stereocenters. The van der Waals surface area contributed by atoms with E-state index in [2.05, 4.69) is 4.99 Å². The van der Waals surface area contributed by atoms with Gasteiger partial charge in [-0.3, -0.25) is 10.1 Å². The molecule has 152 valence electrons. The molecule has 2 heterocycles. The van der Waals surface area contributed by atoms with Gasteiger partial charge in [-0.1, -0.05) is 11.6 Å². The first kappa shape index (κ1) is 19.9. The lowest BCUT2D eigenvalue weighted by molar-refractivity contribution is -0.384. The van der Waals surface area contributed by atoms with Crippen molar-refractivity contribution in [3.63, 3.8) is 0 Å². The first-order valence-corrected chi connectivity index (χ1v) is 9.72. The summed E-state index contributed by atoms with van der Waals surface area (Å²) in [5, 5.41) is 11.9. The Morgan fingerprint density at radius 3 is 2.70 bits per heavy atom. The Hall–Kier alpha value is -3.43. The normalized spacial score (nSPS) is 14.7. The number of hydrogen-bond donors (Lipinski definition) is 0. The van der Waals surface area contributed by atoms with Gasteiger partial charge in [0.25, 0.3) is 5.69 Å². The Kier molecular flexibility index (Phi) is 5.15. The number of cyclic esters (lactones) is 1. The highest BCUT2D eigenvalue weighted by molar-refractivity contribution is 7.21. The number of halogens is 1. The van der Waals surface area contributed by atoms with Crippen molar-refractivity contribution in [2.45, 2.75) is 0 Å². The molecule has 1 aromatic heterocycles. The van der Waals surface area contributed by atoms with Crippen molar-refractivity contribution >= 4 is 56.7 Å². The third-order valence-corrected chi connectivity index (χ3v) is 6.02. The van der Waals surface area contributed by atoms with Gasteiger partial charge in [-0.2, -0.15) is 0 Å². The summed E-state index contributed by atoms with van der Waals surface area (Å²) in [5.41, 5.74) is 0.644. The van der Waals surface area contributed by atoms with E-state index in [0.29, 0.717) is 37.0 Å². The van der Waals surface area contributed by atoms with Crippen molar-refractivity contribution in [3.05, 3.63) is 67.7 Å². The first-order valence-electron chi connectivity index (χ1n) is 8.52. The second kappa shape index (κ2) is 7.77. The fourth-order valence-electron chi connectivity index (χ4n) is 2.90. The maximum Gasteiger partial charge on any atom is 0.363 e. The number of fused-ring (bicyclic) bond motifs is 1. The van der Waals surface area contributed by atoms with Gasteiger partial charge in [0.1, 0.15) is 16.4 Å². The van der Waals surface area contributed by atoms with Crippen LogP contribution >= 0.6 is 22.9 Å². The SMILES string of the molecule is COc1ccc(/C=C2/N=C(c3sc4cc([N+](=O)[O-])ccc4c3Cl)OC2=O)c(OC)c1. The van der Waals surface area contributed by atoms with Crippen molar-refractivity contribution in [2.24, 2.45) is 4.99 Å². The lowest BCUT2D eigenvalue weighted by Gasteiger charge is -2.07. The average molecular weight is 445 g/mol. The molecule has 0 saturated carbocycles. The summed E-state index contributed by atoms with van der Waals surface area (Å²) in [6.45, 7) is 0. The lowest BCUT2D eigenvalue weighted by Crippen LogP contribution is -2.04. The summed E-state index contributed by atoms with van der Waals surface area (Å²) in [6, 6.07) is 9.51. The molecular formula is C20H13ClN2O6S. The number of nitrogens with zero attached hydrogens (tertiary/aromatic N) is 2. The molecular weight excluding hydrogens is 432 g/mol. The summed E-state index contributed by atoms with van der Waals surface area (Å²) < 4.78 is 16.4. The van der Waals surface area contributed by atoms with Crippen molar-refractivity contribution in [3.8, 4) is 11.5 Å². The zero-order chi connectivity index (χ0) is 21.4. The van der Waals surface area contributed by atoms with Crippen LogP contribution in [0.3, 0.4) is 0 Å². The molecule has 0 amide bonds. The molecule has 0 bridgehead atoms. The number of non-ortho nitro benzene ring substituents is 1. The molecule has 3 aromatic rings. The molecule has 0 radical (unpaired) electrons. The van der Waals surface area contributed by atoms with E-state index in [1.807, 2.05) is 0 Å². The maximum absolute atomic E-state index is 12.4. The maximum atomic E-state index is 12.4. The van der Waals surface area contributed by atoms with Crippen LogP contribution in [0.4, 0.5) is 5.69 Å². The van der Waals surface area contributed by atoms with Gasteiger partial charge < -0.3 is 14.2 Å². The van der Waals surface area contributed by atoms with Crippen LogP contribution in [0.5, 0.6) is 11.5 Å². The van der Waals surface area contributed by atoms with E-state index in [0.717, 1.165) is 11.3 Å². The zero-order valence-electron chi connectivity index (χ0n) is 15.7. The standard InChI is InChI=1S/C20H13ClN2O6S/c1-27-12-5-3-10(15(9-12)28-2)7-14-20(24)29-19(22-14)18-17(21)13-6-4-11(23(25)26)8-16(13)30-18/h3-9H,1-2H3/b14-7+. The number of esters is 1. The highest BCUT2D eigenvalue weighted by atomic mass is 35.5. The van der Waals surface area contributed by atoms with Crippen molar-refractivity contribution in [2.75, 3.05) is 14.2 Å². The van der Waals surface area contributed by atoms with Gasteiger partial charge in [-0.15, -0.1) is 11.3 Å². The molecule has 0 fully saturated rings. The van der Waals surface area contributed by atoms with Crippen molar-refractivity contribution < 1.29 is 23.9 Å². The average Bonchev–Trinajstić information content (AvgIpc) is 3.27. The molecule has 8 nitrogen and oxygen atoms in total. The van der Waals surface area contributed by atoms with Crippen LogP contribution in [0.2, 0.25) is 5.02 Å². The molecule has 0 saturated heterocycles. The molecule has 0 spiro atoms. The summed E-state index contributed by atoms with van der Waals surface area (Å²) in [5.74, 6) is 0.527. The van der Waals surface area contributed by atoms with Crippen LogP contribution in [-0.4, -0.2) is 31.0 Å². The number of ether oxygens (including phenoxy) is 3. The van der Waals surface area contributed by atoms with Gasteiger partial charge in [0.2, 0.25) is 5.90 Å². The van der Waals surface area contributed by atoms with Gasteiger partial charge in [0.15, 0.2) is 5.70 Å². The van der Waals surface area contributed by atoms with Gasteiger partial charge >= 0.3 is 5.97 Å². The second-order valence-electron chi connectivity index (χ2n) is 6.13. The minimum Gasteiger partial charge on any atom is -0.497 e. The monoisotopic (exact) mass is 444 g/mol. The molecule has 2 aromatic carbocycles. The first-order chi connectivity index (χ1) is 14.4. The number of methoxy groups -OCH3 is 2. The van der Waals surface area contributed by atoms with E-state index < -0.39 is 10.9 Å². The summed E-state index contributed by atoms with van der Waals surface area (Å²) in [7, 11) is 3.05. The highest BCUT2D eigenvalue weighted by Crippen LogP contribution is 2.39. The fraction of sp³-hybridized carbons (Fsp3) is 0.100. The number of aliphatic imine (C=N–C) groups is 1. The summed E-state index contributed by atoms with van der Waals surface area (Å²) in [4.78, 5) is 27.6. The minimum absolute atomic E-state index is 0.0487. The van der Waals surface area contributed by atoms with Crippen LogP contribution in [-0.2, 0) is 9.53 Å². The predicted molar refractivity (Wildman–Crippen MR) is 114 cm³/mol. The lowest BCUT2D eigenvalue weighted by atomic mass is 10.1. The van der Waals surface area contributed by atoms with Gasteiger partial charge in [-0.05, 0) is 24.3 Å². The topological polar surface area (TPSA) is 100 Å². The third-order valence-electron chi connectivity index (χ3n) is 4.37. The van der Waals surface area contributed by atoms with E-state index >= 15 is 0 Å². The number of carbonyl (C=O) groups excluding carboxylic acids is 1. The molecule has 1 aliphatic rings. The molecule has 4 rings (SSSR count). The number of nitro benzene ring substituents is 1. The Bertz CT molecular complexity index is 1260. The molecule has 0 atom stereocenters. The Balaban J connectivity index is 1.74. The van der Waals surface area contributed by atoms with E-state index in [9.17, 15) is 14.9 Å². The molecule has 0 N–H and O–H groups in total. The smallest absolute Gasteiger partial charge is 0.363 e. The van der Waals surface area contributed by atoms with E-state index in [1.54, 1.807) is 37.5 Å². The largest absolute Gasteiger partial charge is 0.497 e. The number of benzene rings is 2. The van der Waals surface area contributed by atoms with Crippen molar-refractivity contribution in [1.29, 1.82) is 0 Å². The highest BCUT2D eigenvalue weighted by Gasteiger charge is 2.28. The quantitative estimate of drug-likeness (QED) is 0.242. The van der Waals surface area contributed by atoms with Crippen molar-refractivity contribution in [1.82, 2.24) is 0 Å². The number of rotatable bonds is 5. The summed E-state index contributed by atoms with van der Waals surface area (Å²) in [6.07, 6.45) is 1.54. The van der Waals surface area contributed by atoms with Gasteiger partial charge in [0, 0.05) is 33.8 Å². The van der Waals surface area contributed by atoms with E-state index in [-0.39, 0.29) is 17.3 Å². The number of carbonyl (C=O) groups is 1. The number of hydrogen-bond acceptors (Lipinski definition) is 8. The van der Waals surface area contributed by atoms with Crippen LogP contribution in [0, 0.1) is 10.1 Å². The second-order valence-corrected chi connectivity index (χ2v) is 7.56. The predicted octanol–water partition coefficient (Wildman–Crippen LogP) is 4.82. The minimum atomic E-state index is -0.637. The van der Waals surface area contributed by atoms with Crippen LogP contribution < -0.4 is 9.47 Å². The fourth-order valence-corrected chi connectivity index (χ4v) is 4.37. The Morgan fingerprint density at radius 2 is 2.00 bits per heavy atom. The molecule has 0 aliphatic carbocycles. The Morgan fingerprint density at radius 1 is 1.20 bits per heavy atom. The summed E-state index contributed by atoms with van der Waals surface area (Å²) >= 11 is 7.58. The molecule has 1 aliphatic heterocycles. The van der Waals surface area contributed by atoms with Crippen LogP contribution in [0.15, 0.2) is 47.1 Å². The van der Waals surface area contributed by atoms with E-state index in [1.165, 1.54) is 19.2 Å². The van der Waals surface area contributed by atoms with Gasteiger partial charge in [0.05, 0.1) is 24.2 Å².